The molecule has 3 nitrogen and oxygen atoms in total. The third kappa shape index (κ3) is 2.23. The Kier molecular flexibility index (Phi) is 3.92. The monoisotopic (exact) mass is 264 g/mol. The lowest BCUT2D eigenvalue weighted by Gasteiger charge is -2.11. The van der Waals surface area contributed by atoms with Crippen molar-refractivity contribution in [3.8, 4) is 11.1 Å². The number of nitrogens with zero attached hydrogens (tertiary/aromatic N) is 1. The van der Waals surface area contributed by atoms with Gasteiger partial charge >= 0.3 is 0 Å². The van der Waals surface area contributed by atoms with Gasteiger partial charge in [0.2, 0.25) is 5.88 Å². The van der Waals surface area contributed by atoms with E-state index in [4.69, 9.17) is 21.9 Å². The van der Waals surface area contributed by atoms with Crippen LogP contribution in [0.5, 0.6) is 0 Å². The van der Waals surface area contributed by atoms with Crippen LogP contribution < -0.4 is 5.73 Å². The summed E-state index contributed by atoms with van der Waals surface area (Å²) in [5.74, 6) is 0.683. The molecule has 0 bridgehead atoms. The normalized spacial score (nSPS) is 11.1. The summed E-state index contributed by atoms with van der Waals surface area (Å²) in [7, 11) is 0. The SMILES string of the molecule is CCC(CC)c1noc(N)c1-c1ccccc1Cl. The molecular formula is C14H17ClN2O. The van der Waals surface area contributed by atoms with Crippen LogP contribution in [0.4, 0.5) is 5.88 Å². The second kappa shape index (κ2) is 5.44. The van der Waals surface area contributed by atoms with Crippen LogP contribution >= 0.6 is 11.6 Å². The maximum atomic E-state index is 6.23. The first-order valence-electron chi connectivity index (χ1n) is 6.18. The topological polar surface area (TPSA) is 52.0 Å². The van der Waals surface area contributed by atoms with Gasteiger partial charge in [-0.2, -0.15) is 0 Å². The van der Waals surface area contributed by atoms with Gasteiger partial charge in [-0.3, -0.25) is 0 Å². The molecule has 0 atom stereocenters. The van der Waals surface area contributed by atoms with Crippen LogP contribution in [0.3, 0.4) is 0 Å². The third-order valence-electron chi connectivity index (χ3n) is 3.26. The molecule has 4 heteroatoms. The molecule has 0 aliphatic rings. The van der Waals surface area contributed by atoms with Crippen LogP contribution in [-0.2, 0) is 0 Å². The second-order valence-electron chi connectivity index (χ2n) is 4.30. The van der Waals surface area contributed by atoms with Gasteiger partial charge < -0.3 is 10.3 Å². The smallest absolute Gasteiger partial charge is 0.230 e. The lowest BCUT2D eigenvalue weighted by atomic mass is 9.93. The summed E-state index contributed by atoms with van der Waals surface area (Å²) in [6.07, 6.45) is 2.00. The average molecular weight is 265 g/mol. The third-order valence-corrected chi connectivity index (χ3v) is 3.59. The fourth-order valence-electron chi connectivity index (χ4n) is 2.20. The molecule has 0 unspecified atom stereocenters. The van der Waals surface area contributed by atoms with E-state index in [1.165, 1.54) is 0 Å². The lowest BCUT2D eigenvalue weighted by molar-refractivity contribution is 0.416. The number of hydrogen-bond donors (Lipinski definition) is 1. The first-order valence-corrected chi connectivity index (χ1v) is 6.56. The van der Waals surface area contributed by atoms with E-state index < -0.39 is 0 Å². The van der Waals surface area contributed by atoms with Gasteiger partial charge in [0.1, 0.15) is 0 Å². The highest BCUT2D eigenvalue weighted by molar-refractivity contribution is 6.33. The van der Waals surface area contributed by atoms with Gasteiger partial charge in [0.25, 0.3) is 0 Å². The van der Waals surface area contributed by atoms with E-state index in [0.717, 1.165) is 29.7 Å². The number of rotatable bonds is 4. The van der Waals surface area contributed by atoms with E-state index in [1.54, 1.807) is 0 Å². The fourth-order valence-corrected chi connectivity index (χ4v) is 2.43. The van der Waals surface area contributed by atoms with Crippen molar-refractivity contribution in [1.82, 2.24) is 5.16 Å². The summed E-state index contributed by atoms with van der Waals surface area (Å²) in [5, 5.41) is 4.78. The molecular weight excluding hydrogens is 248 g/mol. The van der Waals surface area contributed by atoms with Crippen LogP contribution in [0.25, 0.3) is 11.1 Å². The zero-order valence-electron chi connectivity index (χ0n) is 10.6. The molecule has 18 heavy (non-hydrogen) atoms. The van der Waals surface area contributed by atoms with Crippen molar-refractivity contribution in [2.45, 2.75) is 32.6 Å². The summed E-state index contributed by atoms with van der Waals surface area (Å²) < 4.78 is 5.16. The molecule has 0 amide bonds. The van der Waals surface area contributed by atoms with Gasteiger partial charge in [-0.05, 0) is 18.9 Å². The molecule has 0 fully saturated rings. The molecule has 0 saturated heterocycles. The fraction of sp³-hybridized carbons (Fsp3) is 0.357. The molecule has 0 aliphatic carbocycles. The lowest BCUT2D eigenvalue weighted by Crippen LogP contribution is -1.99. The summed E-state index contributed by atoms with van der Waals surface area (Å²) in [6, 6.07) is 7.62. The number of anilines is 1. The molecule has 1 aromatic heterocycles. The van der Waals surface area contributed by atoms with E-state index in [1.807, 2.05) is 24.3 Å². The highest BCUT2D eigenvalue weighted by Gasteiger charge is 2.22. The van der Waals surface area contributed by atoms with Gasteiger partial charge in [-0.25, -0.2) is 0 Å². The molecule has 0 aliphatic heterocycles. The van der Waals surface area contributed by atoms with E-state index in [2.05, 4.69) is 19.0 Å². The summed E-state index contributed by atoms with van der Waals surface area (Å²) in [4.78, 5) is 0. The van der Waals surface area contributed by atoms with Gasteiger partial charge in [0.15, 0.2) is 0 Å². The molecule has 2 N–H and O–H groups in total. The van der Waals surface area contributed by atoms with Gasteiger partial charge in [0.05, 0.1) is 11.3 Å². The minimum Gasteiger partial charge on any atom is -0.367 e. The number of nitrogens with two attached hydrogens (primary N) is 1. The number of benzene rings is 1. The summed E-state index contributed by atoms with van der Waals surface area (Å²) in [5.41, 5.74) is 8.54. The Morgan fingerprint density at radius 3 is 2.56 bits per heavy atom. The second-order valence-corrected chi connectivity index (χ2v) is 4.71. The molecule has 0 saturated carbocycles. The predicted octanol–water partition coefficient (Wildman–Crippen LogP) is 4.48. The summed E-state index contributed by atoms with van der Waals surface area (Å²) in [6.45, 7) is 4.27. The van der Waals surface area contributed by atoms with Crippen molar-refractivity contribution >= 4 is 17.5 Å². The van der Waals surface area contributed by atoms with Crippen molar-refractivity contribution in [1.29, 1.82) is 0 Å². The van der Waals surface area contributed by atoms with Crippen molar-refractivity contribution in [3.05, 3.63) is 35.0 Å². The molecule has 0 spiro atoms. The first-order chi connectivity index (χ1) is 8.69. The number of aromatic nitrogens is 1. The quantitative estimate of drug-likeness (QED) is 0.886. The van der Waals surface area contributed by atoms with E-state index in [0.29, 0.717) is 16.8 Å². The zero-order valence-corrected chi connectivity index (χ0v) is 11.4. The van der Waals surface area contributed by atoms with Gasteiger partial charge in [-0.1, -0.05) is 48.8 Å². The predicted molar refractivity (Wildman–Crippen MR) is 74.7 cm³/mol. The van der Waals surface area contributed by atoms with Gasteiger partial charge in [-0.15, -0.1) is 0 Å². The molecule has 2 aromatic rings. The number of nitrogen functional groups attached to an aromatic ring is 1. The Morgan fingerprint density at radius 1 is 1.28 bits per heavy atom. The van der Waals surface area contributed by atoms with Crippen molar-refractivity contribution in [2.24, 2.45) is 0 Å². The van der Waals surface area contributed by atoms with Crippen molar-refractivity contribution in [3.63, 3.8) is 0 Å². The summed E-state index contributed by atoms with van der Waals surface area (Å²) >= 11 is 6.23. The van der Waals surface area contributed by atoms with Crippen LogP contribution in [0.2, 0.25) is 5.02 Å². The zero-order chi connectivity index (χ0) is 13.1. The Hall–Kier alpha value is -1.48. The first kappa shape index (κ1) is 13.0. The Labute approximate surface area is 112 Å². The van der Waals surface area contributed by atoms with Crippen LogP contribution in [0, 0.1) is 0 Å². The number of halogens is 1. The van der Waals surface area contributed by atoms with Crippen molar-refractivity contribution in [2.75, 3.05) is 5.73 Å². The highest BCUT2D eigenvalue weighted by Crippen LogP contribution is 2.39. The standard InChI is InChI=1S/C14H17ClN2O/c1-3-9(4-2)13-12(14(16)18-17-13)10-7-5-6-8-11(10)15/h5-9H,3-4,16H2,1-2H3. The number of hydrogen-bond acceptors (Lipinski definition) is 3. The maximum Gasteiger partial charge on any atom is 0.230 e. The van der Waals surface area contributed by atoms with E-state index in [9.17, 15) is 0 Å². The van der Waals surface area contributed by atoms with E-state index >= 15 is 0 Å². The average Bonchev–Trinajstić information content (AvgIpc) is 2.74. The van der Waals surface area contributed by atoms with Crippen molar-refractivity contribution < 1.29 is 4.52 Å². The highest BCUT2D eigenvalue weighted by atomic mass is 35.5. The van der Waals surface area contributed by atoms with Gasteiger partial charge in [0, 0.05) is 16.5 Å². The molecule has 2 rings (SSSR count). The minimum atomic E-state index is 0.338. The molecule has 0 radical (unpaired) electrons. The van der Waals surface area contributed by atoms with Crippen LogP contribution in [0.1, 0.15) is 38.3 Å². The Bertz CT molecular complexity index is 532. The molecule has 96 valence electrons. The Balaban J connectivity index is 2.57. The van der Waals surface area contributed by atoms with Crippen LogP contribution in [0.15, 0.2) is 28.8 Å². The largest absolute Gasteiger partial charge is 0.367 e. The molecule has 1 heterocycles. The minimum absolute atomic E-state index is 0.338. The maximum absolute atomic E-state index is 6.23. The van der Waals surface area contributed by atoms with E-state index in [-0.39, 0.29) is 0 Å². The Morgan fingerprint density at radius 2 is 1.94 bits per heavy atom. The van der Waals surface area contributed by atoms with Crippen LogP contribution in [-0.4, -0.2) is 5.16 Å². The molecule has 1 aromatic carbocycles.